The second-order valence-electron chi connectivity index (χ2n) is 5.55. The fourth-order valence-corrected chi connectivity index (χ4v) is 2.48. The van der Waals surface area contributed by atoms with Gasteiger partial charge in [-0.05, 0) is 51.5 Å². The summed E-state index contributed by atoms with van der Waals surface area (Å²) in [6.07, 6.45) is 1.82. The van der Waals surface area contributed by atoms with E-state index in [2.05, 4.69) is 0 Å². The van der Waals surface area contributed by atoms with Crippen LogP contribution in [0.25, 0.3) is 0 Å². The van der Waals surface area contributed by atoms with Gasteiger partial charge in [0.2, 0.25) is 0 Å². The highest BCUT2D eigenvalue weighted by atomic mass is 16.2. The van der Waals surface area contributed by atoms with Gasteiger partial charge in [-0.25, -0.2) is 0 Å². The van der Waals surface area contributed by atoms with Crippen LogP contribution in [0.3, 0.4) is 0 Å². The molecule has 0 saturated heterocycles. The van der Waals surface area contributed by atoms with Crippen molar-refractivity contribution in [3.8, 4) is 0 Å². The van der Waals surface area contributed by atoms with E-state index in [9.17, 15) is 4.79 Å². The number of benzene rings is 1. The number of nitrogens with zero attached hydrogens (tertiary/aromatic N) is 2. The van der Waals surface area contributed by atoms with Crippen LogP contribution in [0.4, 0.5) is 11.4 Å². The summed E-state index contributed by atoms with van der Waals surface area (Å²) in [5.41, 5.74) is 9.17. The summed E-state index contributed by atoms with van der Waals surface area (Å²) in [6.45, 7) is 8.70. The summed E-state index contributed by atoms with van der Waals surface area (Å²) in [5.74, 6) is -0.0199. The van der Waals surface area contributed by atoms with E-state index < -0.39 is 0 Å². The molecule has 1 aromatic heterocycles. The molecule has 4 nitrogen and oxygen atoms in total. The number of nitrogens with two attached hydrogens (primary N) is 1. The largest absolute Gasteiger partial charge is 0.397 e. The maximum atomic E-state index is 12.9. The summed E-state index contributed by atoms with van der Waals surface area (Å²) in [4.78, 5) is 14.7. The minimum atomic E-state index is -0.0199. The number of nitrogen functional groups attached to an aromatic ring is 1. The quantitative estimate of drug-likeness (QED) is 0.932. The zero-order valence-corrected chi connectivity index (χ0v) is 13.1. The molecule has 0 unspecified atom stereocenters. The lowest BCUT2D eigenvalue weighted by molar-refractivity contribution is 0.0978. The average molecular weight is 285 g/mol. The van der Waals surface area contributed by atoms with E-state index in [1.807, 2.05) is 62.7 Å². The van der Waals surface area contributed by atoms with Crippen molar-refractivity contribution in [1.29, 1.82) is 0 Å². The number of rotatable bonds is 4. The molecule has 2 aromatic rings. The Morgan fingerprint density at radius 1 is 1.33 bits per heavy atom. The van der Waals surface area contributed by atoms with Crippen LogP contribution >= 0.6 is 0 Å². The first-order valence-electron chi connectivity index (χ1n) is 7.30. The van der Waals surface area contributed by atoms with E-state index in [1.165, 1.54) is 0 Å². The number of carbonyl (C=O) groups is 1. The van der Waals surface area contributed by atoms with Gasteiger partial charge in [0, 0.05) is 24.5 Å². The van der Waals surface area contributed by atoms with Crippen LogP contribution in [-0.2, 0) is 0 Å². The molecular formula is C17H23N3O. The Bertz CT molecular complexity index is 643. The van der Waals surface area contributed by atoms with Gasteiger partial charge in [0.25, 0.3) is 5.91 Å². The molecule has 21 heavy (non-hydrogen) atoms. The predicted molar refractivity (Wildman–Crippen MR) is 87.8 cm³/mol. The second-order valence-corrected chi connectivity index (χ2v) is 5.55. The van der Waals surface area contributed by atoms with Gasteiger partial charge in [0.05, 0.1) is 5.69 Å². The van der Waals surface area contributed by atoms with Gasteiger partial charge in [-0.3, -0.25) is 4.79 Å². The van der Waals surface area contributed by atoms with E-state index in [-0.39, 0.29) is 11.9 Å². The summed E-state index contributed by atoms with van der Waals surface area (Å²) in [6, 6.07) is 9.92. The van der Waals surface area contributed by atoms with Crippen LogP contribution in [0.2, 0.25) is 0 Å². The third-order valence-corrected chi connectivity index (χ3v) is 3.52. The highest BCUT2D eigenvalue weighted by Gasteiger charge is 2.21. The smallest absolute Gasteiger partial charge is 0.274 e. The monoisotopic (exact) mass is 285 g/mol. The van der Waals surface area contributed by atoms with E-state index in [4.69, 9.17) is 5.73 Å². The number of hydrogen-bond donors (Lipinski definition) is 1. The first kappa shape index (κ1) is 15.2. The van der Waals surface area contributed by atoms with Crippen molar-refractivity contribution in [2.45, 2.75) is 33.7 Å². The SMILES string of the molecule is CCN(C(=O)c1cc(N)cn1C(C)C)c1cccc(C)c1. The Morgan fingerprint density at radius 3 is 2.62 bits per heavy atom. The fraction of sp³-hybridized carbons (Fsp3) is 0.353. The number of hydrogen-bond acceptors (Lipinski definition) is 2. The second kappa shape index (κ2) is 6.04. The molecule has 0 fully saturated rings. The van der Waals surface area contributed by atoms with Gasteiger partial charge in [0.1, 0.15) is 5.69 Å². The number of amides is 1. The summed E-state index contributed by atoms with van der Waals surface area (Å²) in [5, 5.41) is 0. The molecule has 1 amide bonds. The lowest BCUT2D eigenvalue weighted by Crippen LogP contribution is -2.32. The minimum Gasteiger partial charge on any atom is -0.397 e. The van der Waals surface area contributed by atoms with Crippen molar-refractivity contribution in [2.75, 3.05) is 17.2 Å². The van der Waals surface area contributed by atoms with Gasteiger partial charge in [-0.2, -0.15) is 0 Å². The van der Waals surface area contributed by atoms with Crippen molar-refractivity contribution in [3.63, 3.8) is 0 Å². The van der Waals surface area contributed by atoms with Crippen LogP contribution in [0.15, 0.2) is 36.5 Å². The topological polar surface area (TPSA) is 51.3 Å². The van der Waals surface area contributed by atoms with E-state index >= 15 is 0 Å². The molecule has 2 rings (SSSR count). The molecule has 2 N–H and O–H groups in total. The molecule has 1 aromatic carbocycles. The molecule has 4 heteroatoms. The third-order valence-electron chi connectivity index (χ3n) is 3.52. The zero-order valence-electron chi connectivity index (χ0n) is 13.1. The summed E-state index contributed by atoms with van der Waals surface area (Å²) < 4.78 is 1.93. The molecule has 0 aliphatic rings. The molecule has 0 aliphatic carbocycles. The van der Waals surface area contributed by atoms with Crippen molar-refractivity contribution in [1.82, 2.24) is 4.57 Å². The van der Waals surface area contributed by atoms with E-state index in [1.54, 1.807) is 11.0 Å². The molecule has 0 radical (unpaired) electrons. The highest BCUT2D eigenvalue weighted by Crippen LogP contribution is 2.22. The highest BCUT2D eigenvalue weighted by molar-refractivity contribution is 6.05. The normalized spacial score (nSPS) is 10.9. The molecule has 0 bridgehead atoms. The Labute approximate surface area is 126 Å². The van der Waals surface area contributed by atoms with Gasteiger partial charge >= 0.3 is 0 Å². The number of aryl methyl sites for hydroxylation is 1. The Morgan fingerprint density at radius 2 is 2.05 bits per heavy atom. The van der Waals surface area contributed by atoms with Gasteiger partial charge in [-0.1, -0.05) is 12.1 Å². The molecule has 1 heterocycles. The van der Waals surface area contributed by atoms with Crippen LogP contribution in [-0.4, -0.2) is 17.0 Å². The standard InChI is InChI=1S/C17H23N3O/c1-5-19(15-8-6-7-13(4)9-15)17(21)16-10-14(18)11-20(16)12(2)3/h6-12H,5,18H2,1-4H3. The van der Waals surface area contributed by atoms with Crippen molar-refractivity contribution in [2.24, 2.45) is 0 Å². The Kier molecular flexibility index (Phi) is 4.36. The third kappa shape index (κ3) is 3.10. The first-order valence-corrected chi connectivity index (χ1v) is 7.30. The summed E-state index contributed by atoms with van der Waals surface area (Å²) in [7, 11) is 0. The first-order chi connectivity index (χ1) is 9.93. The average Bonchev–Trinajstić information content (AvgIpc) is 2.82. The van der Waals surface area contributed by atoms with Crippen LogP contribution in [0, 0.1) is 6.92 Å². The number of anilines is 2. The Balaban J connectivity index is 2.41. The maximum absolute atomic E-state index is 12.9. The molecule has 0 saturated carbocycles. The molecular weight excluding hydrogens is 262 g/mol. The Hall–Kier alpha value is -2.23. The fourth-order valence-electron chi connectivity index (χ4n) is 2.48. The van der Waals surface area contributed by atoms with E-state index in [0.29, 0.717) is 17.9 Å². The van der Waals surface area contributed by atoms with Crippen LogP contribution < -0.4 is 10.6 Å². The maximum Gasteiger partial charge on any atom is 0.274 e. The van der Waals surface area contributed by atoms with Crippen LogP contribution in [0.5, 0.6) is 0 Å². The molecule has 0 spiro atoms. The number of aromatic nitrogens is 1. The van der Waals surface area contributed by atoms with Crippen LogP contribution in [0.1, 0.15) is 42.9 Å². The van der Waals surface area contributed by atoms with Crippen molar-refractivity contribution < 1.29 is 4.79 Å². The zero-order chi connectivity index (χ0) is 15.6. The number of carbonyl (C=O) groups excluding carboxylic acids is 1. The lowest BCUT2D eigenvalue weighted by atomic mass is 10.2. The summed E-state index contributed by atoms with van der Waals surface area (Å²) >= 11 is 0. The van der Waals surface area contributed by atoms with Gasteiger partial charge in [-0.15, -0.1) is 0 Å². The lowest BCUT2D eigenvalue weighted by Gasteiger charge is -2.23. The van der Waals surface area contributed by atoms with Gasteiger partial charge in [0.15, 0.2) is 0 Å². The van der Waals surface area contributed by atoms with E-state index in [0.717, 1.165) is 11.3 Å². The van der Waals surface area contributed by atoms with Crippen molar-refractivity contribution in [3.05, 3.63) is 47.8 Å². The molecule has 0 aliphatic heterocycles. The minimum absolute atomic E-state index is 0.0199. The predicted octanol–water partition coefficient (Wildman–Crippen LogP) is 3.63. The van der Waals surface area contributed by atoms with Gasteiger partial charge < -0.3 is 15.2 Å². The molecule has 0 atom stereocenters. The van der Waals surface area contributed by atoms with Crippen molar-refractivity contribution >= 4 is 17.3 Å². The molecule has 112 valence electrons.